The van der Waals surface area contributed by atoms with Gasteiger partial charge in [-0.15, -0.1) is 0 Å². The Morgan fingerprint density at radius 1 is 1.19 bits per heavy atom. The molecule has 1 aliphatic carbocycles. The van der Waals surface area contributed by atoms with E-state index in [-0.39, 0.29) is 5.92 Å². The van der Waals surface area contributed by atoms with E-state index in [0.29, 0.717) is 16.7 Å². The van der Waals surface area contributed by atoms with Gasteiger partial charge in [0.05, 0.1) is 11.6 Å². The third-order valence-electron chi connectivity index (χ3n) is 4.91. The van der Waals surface area contributed by atoms with Gasteiger partial charge in [0.15, 0.2) is 0 Å². The second-order valence-corrected chi connectivity index (χ2v) is 7.54. The highest BCUT2D eigenvalue weighted by atomic mass is 35.5. The fraction of sp³-hybridized carbons (Fsp3) is 0.350. The second kappa shape index (κ2) is 7.10. The summed E-state index contributed by atoms with van der Waals surface area (Å²) in [6.45, 7) is 1.48. The lowest BCUT2D eigenvalue weighted by Crippen LogP contribution is -2.28. The monoisotopic (exact) mass is 390 g/mol. The summed E-state index contributed by atoms with van der Waals surface area (Å²) in [6, 6.07) is 13.5. The number of oxime groups is 1. The van der Waals surface area contributed by atoms with E-state index in [2.05, 4.69) is 10.5 Å². The largest absolute Gasteiger partial charge is 0.481 e. The first-order valence-corrected chi connectivity index (χ1v) is 9.49. The van der Waals surface area contributed by atoms with Gasteiger partial charge >= 0.3 is 0 Å². The van der Waals surface area contributed by atoms with Crippen molar-refractivity contribution in [2.75, 3.05) is 20.2 Å². The fourth-order valence-corrected chi connectivity index (χ4v) is 3.79. The van der Waals surface area contributed by atoms with Crippen LogP contribution >= 0.6 is 23.2 Å². The molecule has 2 aromatic carbocycles. The van der Waals surface area contributed by atoms with Gasteiger partial charge in [-0.25, -0.2) is 0 Å². The van der Waals surface area contributed by atoms with Crippen LogP contribution in [0.15, 0.2) is 47.6 Å². The molecule has 4 nitrogen and oxygen atoms in total. The van der Waals surface area contributed by atoms with Gasteiger partial charge in [-0.05, 0) is 55.9 Å². The average Bonchev–Trinajstić information content (AvgIpc) is 3.36. The number of hydrogen-bond acceptors (Lipinski definition) is 4. The summed E-state index contributed by atoms with van der Waals surface area (Å²) in [5.41, 5.74) is 2.58. The summed E-state index contributed by atoms with van der Waals surface area (Å²) in [5, 5.41) is 8.93. The standard InChI is InChI=1S/C20H20Cl2N2O2/c1-23-9-2-10-25-24-19-16-8-7-15(22)11-18(16)26-20(12-17(19)20)13-3-5-14(21)6-4-13/h3-8,11,17,23H,2,9-10,12H2,1H3. The van der Waals surface area contributed by atoms with Gasteiger partial charge in [0.25, 0.3) is 0 Å². The van der Waals surface area contributed by atoms with E-state index in [4.69, 9.17) is 32.8 Å². The third kappa shape index (κ3) is 3.18. The van der Waals surface area contributed by atoms with Crippen LogP contribution in [0, 0.1) is 5.92 Å². The number of ether oxygens (including phenoxy) is 1. The highest BCUT2D eigenvalue weighted by Gasteiger charge is 2.64. The molecule has 1 aliphatic heterocycles. The zero-order valence-electron chi connectivity index (χ0n) is 14.5. The number of hydrogen-bond donors (Lipinski definition) is 1. The number of nitrogens with zero attached hydrogens (tertiary/aromatic N) is 1. The lowest BCUT2D eigenvalue weighted by molar-refractivity contribution is 0.135. The van der Waals surface area contributed by atoms with Crippen LogP contribution in [0.1, 0.15) is 24.0 Å². The Morgan fingerprint density at radius 3 is 2.73 bits per heavy atom. The second-order valence-electron chi connectivity index (χ2n) is 6.66. The molecule has 0 bridgehead atoms. The lowest BCUT2D eigenvalue weighted by Gasteiger charge is -2.27. The van der Waals surface area contributed by atoms with E-state index >= 15 is 0 Å². The van der Waals surface area contributed by atoms with E-state index in [1.165, 1.54) is 0 Å². The van der Waals surface area contributed by atoms with E-state index in [1.807, 2.05) is 49.5 Å². The van der Waals surface area contributed by atoms with Gasteiger partial charge < -0.3 is 14.9 Å². The number of benzene rings is 2. The molecule has 6 heteroatoms. The van der Waals surface area contributed by atoms with Gasteiger partial charge in [-0.1, -0.05) is 40.5 Å². The van der Waals surface area contributed by atoms with Crippen LogP contribution in [0.3, 0.4) is 0 Å². The summed E-state index contributed by atoms with van der Waals surface area (Å²) < 4.78 is 6.40. The molecule has 1 saturated carbocycles. The molecule has 2 aromatic rings. The Labute approximate surface area is 163 Å². The predicted molar refractivity (Wildman–Crippen MR) is 104 cm³/mol. The minimum Gasteiger partial charge on any atom is -0.481 e. The maximum Gasteiger partial charge on any atom is 0.143 e. The van der Waals surface area contributed by atoms with Crippen molar-refractivity contribution < 1.29 is 9.57 Å². The van der Waals surface area contributed by atoms with Crippen molar-refractivity contribution in [3.63, 3.8) is 0 Å². The fourth-order valence-electron chi connectivity index (χ4n) is 3.50. The van der Waals surface area contributed by atoms with Crippen LogP contribution in [-0.2, 0) is 10.4 Å². The maximum atomic E-state index is 6.40. The van der Waals surface area contributed by atoms with E-state index < -0.39 is 5.60 Å². The van der Waals surface area contributed by atoms with Crippen LogP contribution in [0.25, 0.3) is 0 Å². The van der Waals surface area contributed by atoms with Crippen LogP contribution < -0.4 is 10.1 Å². The smallest absolute Gasteiger partial charge is 0.143 e. The van der Waals surface area contributed by atoms with Crippen molar-refractivity contribution >= 4 is 28.9 Å². The highest BCUT2D eigenvalue weighted by molar-refractivity contribution is 6.31. The Kier molecular flexibility index (Phi) is 4.82. The van der Waals surface area contributed by atoms with Crippen LogP contribution in [0.5, 0.6) is 5.75 Å². The molecule has 2 unspecified atom stereocenters. The zero-order chi connectivity index (χ0) is 18.1. The molecular formula is C20H20Cl2N2O2. The van der Waals surface area contributed by atoms with Crippen molar-refractivity contribution in [2.24, 2.45) is 11.1 Å². The molecule has 136 valence electrons. The molecule has 0 radical (unpaired) electrons. The van der Waals surface area contributed by atoms with Gasteiger partial charge in [0.2, 0.25) is 0 Å². The predicted octanol–water partition coefficient (Wildman–Crippen LogP) is 4.63. The van der Waals surface area contributed by atoms with Gasteiger partial charge in [0, 0.05) is 22.0 Å². The summed E-state index contributed by atoms with van der Waals surface area (Å²) in [7, 11) is 1.93. The maximum absolute atomic E-state index is 6.40. The van der Waals surface area contributed by atoms with Crippen molar-refractivity contribution in [3.8, 4) is 5.75 Å². The molecule has 4 rings (SSSR count). The topological polar surface area (TPSA) is 42.8 Å². The molecule has 2 aliphatic rings. The van der Waals surface area contributed by atoms with Crippen molar-refractivity contribution in [1.29, 1.82) is 0 Å². The Balaban J connectivity index is 1.66. The lowest BCUT2D eigenvalue weighted by atomic mass is 9.96. The highest BCUT2D eigenvalue weighted by Crippen LogP contribution is 2.60. The Hall–Kier alpha value is -1.75. The van der Waals surface area contributed by atoms with E-state index in [1.54, 1.807) is 0 Å². The SMILES string of the molecule is CNCCCON=C1c2ccc(Cl)cc2OC2(c3ccc(Cl)cc3)CC12. The van der Waals surface area contributed by atoms with Gasteiger partial charge in [-0.3, -0.25) is 0 Å². The molecule has 0 spiro atoms. The van der Waals surface area contributed by atoms with Crippen molar-refractivity contribution in [2.45, 2.75) is 18.4 Å². The van der Waals surface area contributed by atoms with Gasteiger partial charge in [-0.2, -0.15) is 0 Å². The van der Waals surface area contributed by atoms with E-state index in [0.717, 1.165) is 42.0 Å². The van der Waals surface area contributed by atoms with Crippen molar-refractivity contribution in [1.82, 2.24) is 5.32 Å². The molecule has 2 atom stereocenters. The van der Waals surface area contributed by atoms with Gasteiger partial charge in [0.1, 0.15) is 18.0 Å². The first kappa shape index (κ1) is 17.7. The summed E-state index contributed by atoms with van der Waals surface area (Å²) in [6.07, 6.45) is 1.77. The van der Waals surface area contributed by atoms with Crippen molar-refractivity contribution in [3.05, 3.63) is 63.6 Å². The first-order chi connectivity index (χ1) is 12.6. The molecule has 26 heavy (non-hydrogen) atoms. The summed E-state index contributed by atoms with van der Waals surface area (Å²) >= 11 is 12.2. The first-order valence-electron chi connectivity index (χ1n) is 8.73. The summed E-state index contributed by atoms with van der Waals surface area (Å²) in [5.74, 6) is 0.917. The molecule has 0 aromatic heterocycles. The summed E-state index contributed by atoms with van der Waals surface area (Å²) in [4.78, 5) is 5.60. The minimum absolute atomic E-state index is 0.168. The number of fused-ring (bicyclic) bond motifs is 2. The Bertz CT molecular complexity index is 838. The third-order valence-corrected chi connectivity index (χ3v) is 5.40. The van der Waals surface area contributed by atoms with E-state index in [9.17, 15) is 0 Å². The Morgan fingerprint density at radius 2 is 1.96 bits per heavy atom. The van der Waals surface area contributed by atoms with Crippen LogP contribution in [0.4, 0.5) is 0 Å². The molecule has 0 amide bonds. The minimum atomic E-state index is -0.407. The normalized spacial score (nSPS) is 24.6. The molecule has 1 fully saturated rings. The zero-order valence-corrected chi connectivity index (χ0v) is 16.0. The average molecular weight is 391 g/mol. The quantitative estimate of drug-likeness (QED) is 0.577. The molecule has 1 N–H and O–H groups in total. The molecule has 1 heterocycles. The number of rotatable bonds is 6. The number of nitrogens with one attached hydrogen (secondary N) is 1. The van der Waals surface area contributed by atoms with Crippen LogP contribution in [0.2, 0.25) is 10.0 Å². The molecular weight excluding hydrogens is 371 g/mol. The molecule has 0 saturated heterocycles. The number of halogens is 2. The van der Waals surface area contributed by atoms with Crippen LogP contribution in [-0.4, -0.2) is 25.9 Å².